The summed E-state index contributed by atoms with van der Waals surface area (Å²) in [5, 5.41) is 0.351. The fraction of sp³-hybridized carbons (Fsp3) is 0.455. The third kappa shape index (κ3) is 2.61. The van der Waals surface area contributed by atoms with Crippen LogP contribution >= 0.6 is 11.6 Å². The molecule has 0 amide bonds. The molecule has 2 N–H and O–H groups in total. The number of rotatable bonds is 2. The Labute approximate surface area is 112 Å². The number of ether oxygens (including phenoxy) is 1. The second kappa shape index (κ2) is 5.05. The van der Waals surface area contributed by atoms with Crippen molar-refractivity contribution < 1.29 is 13.2 Å². The Hall–Kier alpha value is -0.820. The molecule has 1 aliphatic heterocycles. The van der Waals surface area contributed by atoms with Crippen molar-refractivity contribution in [2.45, 2.75) is 17.9 Å². The van der Waals surface area contributed by atoms with E-state index in [1.807, 2.05) is 6.92 Å². The summed E-state index contributed by atoms with van der Waals surface area (Å²) < 4.78 is 31.5. The third-order valence-electron chi connectivity index (χ3n) is 2.81. The topological polar surface area (TPSA) is 72.6 Å². The van der Waals surface area contributed by atoms with E-state index in [2.05, 4.69) is 0 Å². The number of sulfonamides is 1. The van der Waals surface area contributed by atoms with Gasteiger partial charge in [0.1, 0.15) is 0 Å². The average Bonchev–Trinajstić information content (AvgIpc) is 2.32. The quantitative estimate of drug-likeness (QED) is 0.834. The van der Waals surface area contributed by atoms with Crippen LogP contribution in [-0.4, -0.2) is 38.5 Å². The SMILES string of the molecule is CC1CN(S(=O)(=O)c2ccc(Cl)c(N)c2)CCO1. The van der Waals surface area contributed by atoms with E-state index in [4.69, 9.17) is 22.1 Å². The number of hydrogen-bond donors (Lipinski definition) is 1. The molecule has 7 heteroatoms. The number of halogens is 1. The van der Waals surface area contributed by atoms with Crippen molar-refractivity contribution in [3.8, 4) is 0 Å². The molecule has 0 bridgehead atoms. The molecule has 1 aliphatic rings. The van der Waals surface area contributed by atoms with E-state index in [0.29, 0.717) is 24.7 Å². The summed E-state index contributed by atoms with van der Waals surface area (Å²) in [7, 11) is -3.52. The zero-order valence-electron chi connectivity index (χ0n) is 9.97. The highest BCUT2D eigenvalue weighted by Gasteiger charge is 2.29. The van der Waals surface area contributed by atoms with Gasteiger partial charge in [0.2, 0.25) is 10.0 Å². The standard InChI is InChI=1S/C11H15ClN2O3S/c1-8-7-14(4-5-17-8)18(15,16)9-2-3-10(12)11(13)6-9/h2-3,6,8H,4-5,7,13H2,1H3. The predicted octanol–water partition coefficient (Wildman–Crippen LogP) is 1.33. The lowest BCUT2D eigenvalue weighted by Crippen LogP contribution is -2.44. The smallest absolute Gasteiger partial charge is 0.243 e. The van der Waals surface area contributed by atoms with Gasteiger partial charge in [-0.2, -0.15) is 4.31 Å². The van der Waals surface area contributed by atoms with Gasteiger partial charge in [-0.15, -0.1) is 0 Å². The fourth-order valence-corrected chi connectivity index (χ4v) is 3.49. The van der Waals surface area contributed by atoms with Gasteiger partial charge in [0.15, 0.2) is 0 Å². The number of nitrogens with zero attached hydrogens (tertiary/aromatic N) is 1. The fourth-order valence-electron chi connectivity index (χ4n) is 1.84. The number of anilines is 1. The van der Waals surface area contributed by atoms with Crippen LogP contribution in [0.3, 0.4) is 0 Å². The summed E-state index contributed by atoms with van der Waals surface area (Å²) >= 11 is 5.79. The molecule has 1 fully saturated rings. The minimum atomic E-state index is -3.52. The normalized spacial score (nSPS) is 22.0. The molecule has 0 aliphatic carbocycles. The molecule has 100 valence electrons. The van der Waals surface area contributed by atoms with Gasteiger partial charge >= 0.3 is 0 Å². The van der Waals surface area contributed by atoms with E-state index in [1.165, 1.54) is 22.5 Å². The Morgan fingerprint density at radius 3 is 2.83 bits per heavy atom. The minimum absolute atomic E-state index is 0.0989. The molecule has 0 spiro atoms. The number of benzene rings is 1. The van der Waals surface area contributed by atoms with Crippen LogP contribution in [0.2, 0.25) is 5.02 Å². The highest BCUT2D eigenvalue weighted by atomic mass is 35.5. The van der Waals surface area contributed by atoms with Crippen LogP contribution in [0.1, 0.15) is 6.92 Å². The molecule has 0 saturated carbocycles. The number of morpholine rings is 1. The first kappa shape index (κ1) is 13.6. The van der Waals surface area contributed by atoms with Crippen molar-refractivity contribution >= 4 is 27.3 Å². The van der Waals surface area contributed by atoms with Crippen molar-refractivity contribution in [3.63, 3.8) is 0 Å². The van der Waals surface area contributed by atoms with Gasteiger partial charge < -0.3 is 10.5 Å². The molecular weight excluding hydrogens is 276 g/mol. The van der Waals surface area contributed by atoms with E-state index >= 15 is 0 Å². The summed E-state index contributed by atoms with van der Waals surface area (Å²) in [4.78, 5) is 0.165. The first-order valence-electron chi connectivity index (χ1n) is 5.58. The van der Waals surface area contributed by atoms with Gasteiger partial charge in [-0.1, -0.05) is 11.6 Å². The maximum atomic E-state index is 12.4. The van der Waals surface area contributed by atoms with Gasteiger partial charge in [0.05, 0.1) is 28.3 Å². The lowest BCUT2D eigenvalue weighted by atomic mass is 10.3. The molecule has 0 aromatic heterocycles. The van der Waals surface area contributed by atoms with Crippen LogP contribution < -0.4 is 5.73 Å². The van der Waals surface area contributed by atoms with Crippen molar-refractivity contribution in [1.82, 2.24) is 4.31 Å². The van der Waals surface area contributed by atoms with E-state index in [0.717, 1.165) is 0 Å². The highest BCUT2D eigenvalue weighted by Crippen LogP contribution is 2.25. The Bertz CT molecular complexity index is 547. The van der Waals surface area contributed by atoms with E-state index < -0.39 is 10.0 Å². The summed E-state index contributed by atoms with van der Waals surface area (Å²) in [5.41, 5.74) is 5.90. The molecule has 2 rings (SSSR count). The second-order valence-corrected chi connectivity index (χ2v) is 6.57. The van der Waals surface area contributed by atoms with Gasteiger partial charge in [-0.3, -0.25) is 0 Å². The van der Waals surface area contributed by atoms with Crippen LogP contribution in [0.15, 0.2) is 23.1 Å². The Balaban J connectivity index is 2.32. The largest absolute Gasteiger partial charge is 0.397 e. The Morgan fingerprint density at radius 2 is 2.22 bits per heavy atom. The molecule has 1 saturated heterocycles. The second-order valence-electron chi connectivity index (χ2n) is 4.23. The van der Waals surface area contributed by atoms with Crippen LogP contribution in [0.25, 0.3) is 0 Å². The van der Waals surface area contributed by atoms with Crippen LogP contribution in [-0.2, 0) is 14.8 Å². The molecule has 1 heterocycles. The van der Waals surface area contributed by atoms with E-state index in [-0.39, 0.29) is 16.7 Å². The molecule has 5 nitrogen and oxygen atoms in total. The zero-order valence-corrected chi connectivity index (χ0v) is 11.5. The zero-order chi connectivity index (χ0) is 13.3. The van der Waals surface area contributed by atoms with Gasteiger partial charge in [-0.25, -0.2) is 8.42 Å². The molecule has 1 aromatic rings. The number of nitrogen functional groups attached to an aromatic ring is 1. The monoisotopic (exact) mass is 290 g/mol. The maximum Gasteiger partial charge on any atom is 0.243 e. The van der Waals surface area contributed by atoms with Crippen molar-refractivity contribution in [1.29, 1.82) is 0 Å². The minimum Gasteiger partial charge on any atom is -0.397 e. The average molecular weight is 291 g/mol. The molecule has 1 unspecified atom stereocenters. The molecule has 0 radical (unpaired) electrons. The summed E-state index contributed by atoms with van der Waals surface area (Å²) in [6.45, 7) is 2.96. The summed E-state index contributed by atoms with van der Waals surface area (Å²) in [6.07, 6.45) is -0.0989. The van der Waals surface area contributed by atoms with Gasteiger partial charge in [0, 0.05) is 13.1 Å². The molecule has 1 aromatic carbocycles. The van der Waals surface area contributed by atoms with Gasteiger partial charge in [-0.05, 0) is 25.1 Å². The van der Waals surface area contributed by atoms with Crippen molar-refractivity contribution in [3.05, 3.63) is 23.2 Å². The van der Waals surface area contributed by atoms with Crippen molar-refractivity contribution in [2.75, 3.05) is 25.4 Å². The first-order valence-corrected chi connectivity index (χ1v) is 7.40. The third-order valence-corrected chi connectivity index (χ3v) is 5.01. The first-order chi connectivity index (χ1) is 8.41. The highest BCUT2D eigenvalue weighted by molar-refractivity contribution is 7.89. The lowest BCUT2D eigenvalue weighted by Gasteiger charge is -2.30. The van der Waals surface area contributed by atoms with Gasteiger partial charge in [0.25, 0.3) is 0 Å². The van der Waals surface area contributed by atoms with Crippen LogP contribution in [0.5, 0.6) is 0 Å². The van der Waals surface area contributed by atoms with Crippen molar-refractivity contribution in [2.24, 2.45) is 0 Å². The molecule has 1 atom stereocenters. The maximum absolute atomic E-state index is 12.4. The van der Waals surface area contributed by atoms with E-state index in [9.17, 15) is 8.42 Å². The Kier molecular flexibility index (Phi) is 3.82. The Morgan fingerprint density at radius 1 is 1.50 bits per heavy atom. The van der Waals surface area contributed by atoms with E-state index in [1.54, 1.807) is 0 Å². The van der Waals surface area contributed by atoms with Crippen LogP contribution in [0, 0.1) is 0 Å². The number of hydrogen-bond acceptors (Lipinski definition) is 4. The summed E-state index contributed by atoms with van der Waals surface area (Å²) in [5.74, 6) is 0. The van der Waals surface area contributed by atoms with Crippen LogP contribution in [0.4, 0.5) is 5.69 Å². The molecular formula is C11H15ClN2O3S. The predicted molar refractivity (Wildman–Crippen MR) is 70.0 cm³/mol. The number of nitrogens with two attached hydrogens (primary N) is 1. The lowest BCUT2D eigenvalue weighted by molar-refractivity contribution is 0.0102. The summed E-state index contributed by atoms with van der Waals surface area (Å²) in [6, 6.07) is 4.35. The molecule has 18 heavy (non-hydrogen) atoms.